The van der Waals surface area contributed by atoms with E-state index in [9.17, 15) is 9.90 Å². The third-order valence-corrected chi connectivity index (χ3v) is 5.60. The van der Waals surface area contributed by atoms with Crippen LogP contribution in [0.25, 0.3) is 20.4 Å². The van der Waals surface area contributed by atoms with Gasteiger partial charge in [-0.1, -0.05) is 13.3 Å². The maximum absolute atomic E-state index is 11.6. The second-order valence-corrected chi connectivity index (χ2v) is 6.79. The fraction of sp³-hybridized carbons (Fsp3) is 0.375. The van der Waals surface area contributed by atoms with Crippen LogP contribution in [-0.2, 0) is 12.8 Å². The van der Waals surface area contributed by atoms with Crippen molar-refractivity contribution in [3.8, 4) is 5.75 Å². The molecule has 0 amide bonds. The summed E-state index contributed by atoms with van der Waals surface area (Å²) >= 11 is 1.45. The first-order valence-corrected chi connectivity index (χ1v) is 8.14. The summed E-state index contributed by atoms with van der Waals surface area (Å²) in [5.41, 5.74) is 2.92. The Bertz CT molecular complexity index is 910. The number of nitrogens with zero attached hydrogens (tertiary/aromatic N) is 1. The minimum absolute atomic E-state index is 0.0427. The van der Waals surface area contributed by atoms with Crippen LogP contribution in [0.3, 0.4) is 0 Å². The standard InChI is InChI=1S/C16H16N2O2S/c1-2-8-3-4-11-9(5-8)6-10-14-15(21-16(10)17-11)12(19)7-13(20)18-14/h6-8H,2-5H2,1H3,(H2,18,19,20)/t8-/m1/s1. The molecule has 0 saturated heterocycles. The highest BCUT2D eigenvalue weighted by Gasteiger charge is 2.21. The van der Waals surface area contributed by atoms with Gasteiger partial charge in [0.25, 0.3) is 5.56 Å². The van der Waals surface area contributed by atoms with Gasteiger partial charge in [0.2, 0.25) is 0 Å². The van der Waals surface area contributed by atoms with Gasteiger partial charge in [0.1, 0.15) is 10.6 Å². The first-order chi connectivity index (χ1) is 10.2. The van der Waals surface area contributed by atoms with Crippen LogP contribution in [0.1, 0.15) is 31.0 Å². The van der Waals surface area contributed by atoms with Gasteiger partial charge >= 0.3 is 0 Å². The van der Waals surface area contributed by atoms with Crippen LogP contribution < -0.4 is 5.56 Å². The maximum Gasteiger partial charge on any atom is 0.252 e. The van der Waals surface area contributed by atoms with Gasteiger partial charge in [0.15, 0.2) is 0 Å². The average Bonchev–Trinajstić information content (AvgIpc) is 2.82. The number of nitrogens with one attached hydrogen (secondary N) is 1. The summed E-state index contributed by atoms with van der Waals surface area (Å²) in [7, 11) is 0. The van der Waals surface area contributed by atoms with E-state index in [0.29, 0.717) is 10.2 Å². The molecule has 2 N–H and O–H groups in total. The number of aryl methyl sites for hydroxylation is 1. The molecular formula is C16H16N2O2S. The Morgan fingerprint density at radius 1 is 1.48 bits per heavy atom. The van der Waals surface area contributed by atoms with Gasteiger partial charge in [-0.3, -0.25) is 4.79 Å². The van der Waals surface area contributed by atoms with Crippen molar-refractivity contribution in [1.82, 2.24) is 9.97 Å². The Hall–Kier alpha value is -1.88. The van der Waals surface area contributed by atoms with E-state index in [4.69, 9.17) is 4.98 Å². The summed E-state index contributed by atoms with van der Waals surface area (Å²) in [6.45, 7) is 2.23. The normalized spacial score (nSPS) is 18.2. The monoisotopic (exact) mass is 300 g/mol. The zero-order valence-electron chi connectivity index (χ0n) is 11.8. The van der Waals surface area contributed by atoms with Gasteiger partial charge in [0.05, 0.1) is 10.2 Å². The van der Waals surface area contributed by atoms with Crippen LogP contribution in [-0.4, -0.2) is 15.1 Å². The zero-order chi connectivity index (χ0) is 14.6. The van der Waals surface area contributed by atoms with E-state index >= 15 is 0 Å². The average molecular weight is 300 g/mol. The number of pyridine rings is 2. The van der Waals surface area contributed by atoms with E-state index < -0.39 is 0 Å². The number of aromatic hydroxyl groups is 1. The van der Waals surface area contributed by atoms with E-state index in [-0.39, 0.29) is 11.3 Å². The molecule has 3 heterocycles. The number of aromatic amines is 1. The van der Waals surface area contributed by atoms with Crippen molar-refractivity contribution in [2.24, 2.45) is 5.92 Å². The molecular weight excluding hydrogens is 284 g/mol. The summed E-state index contributed by atoms with van der Waals surface area (Å²) in [6.07, 6.45) is 4.49. The Labute approximate surface area is 125 Å². The fourth-order valence-electron chi connectivity index (χ4n) is 3.25. The smallest absolute Gasteiger partial charge is 0.252 e. The van der Waals surface area contributed by atoms with Crippen molar-refractivity contribution in [3.05, 3.63) is 33.7 Å². The van der Waals surface area contributed by atoms with Gasteiger partial charge in [-0.05, 0) is 36.8 Å². The fourth-order valence-corrected chi connectivity index (χ4v) is 4.30. The summed E-state index contributed by atoms with van der Waals surface area (Å²) < 4.78 is 0.714. The highest BCUT2D eigenvalue weighted by molar-refractivity contribution is 7.25. The van der Waals surface area contributed by atoms with Gasteiger partial charge in [-0.15, -0.1) is 11.3 Å². The lowest BCUT2D eigenvalue weighted by atomic mass is 9.85. The molecule has 3 aromatic rings. The Kier molecular flexibility index (Phi) is 2.79. The second-order valence-electron chi connectivity index (χ2n) is 5.79. The molecule has 0 unspecified atom stereocenters. The third kappa shape index (κ3) is 1.95. The predicted octanol–water partition coefficient (Wildman–Crippen LogP) is 3.36. The van der Waals surface area contributed by atoms with Crippen molar-refractivity contribution in [2.75, 3.05) is 0 Å². The van der Waals surface area contributed by atoms with Crippen molar-refractivity contribution in [3.63, 3.8) is 0 Å². The number of hydrogen-bond donors (Lipinski definition) is 2. The number of fused-ring (bicyclic) bond motifs is 4. The van der Waals surface area contributed by atoms with Crippen molar-refractivity contribution in [1.29, 1.82) is 0 Å². The van der Waals surface area contributed by atoms with Gasteiger partial charge < -0.3 is 10.1 Å². The predicted molar refractivity (Wildman–Crippen MR) is 85.2 cm³/mol. The van der Waals surface area contributed by atoms with Crippen molar-refractivity contribution >= 4 is 31.8 Å². The molecule has 0 aliphatic heterocycles. The molecule has 0 spiro atoms. The van der Waals surface area contributed by atoms with E-state index in [1.807, 2.05) is 0 Å². The van der Waals surface area contributed by atoms with Crippen molar-refractivity contribution in [2.45, 2.75) is 32.6 Å². The molecule has 0 aromatic carbocycles. The number of rotatable bonds is 1. The van der Waals surface area contributed by atoms with Crippen LogP contribution in [0, 0.1) is 5.92 Å². The SMILES string of the molecule is CC[C@@H]1CCc2nc3sc4c(O)cc(=O)[nH]c4c3cc2C1. The number of hydrogen-bond acceptors (Lipinski definition) is 4. The Morgan fingerprint density at radius 3 is 3.14 bits per heavy atom. The Balaban J connectivity index is 2.01. The maximum atomic E-state index is 11.6. The van der Waals surface area contributed by atoms with Crippen LogP contribution in [0.5, 0.6) is 5.75 Å². The van der Waals surface area contributed by atoms with E-state index in [0.717, 1.165) is 29.0 Å². The van der Waals surface area contributed by atoms with Gasteiger partial charge in [-0.2, -0.15) is 0 Å². The number of thiophene rings is 1. The molecule has 1 atom stereocenters. The molecule has 0 bridgehead atoms. The molecule has 5 heteroatoms. The third-order valence-electron chi connectivity index (χ3n) is 4.48. The zero-order valence-corrected chi connectivity index (χ0v) is 12.6. The lowest BCUT2D eigenvalue weighted by molar-refractivity contribution is 0.441. The lowest BCUT2D eigenvalue weighted by Crippen LogP contribution is -2.14. The summed E-state index contributed by atoms with van der Waals surface area (Å²) in [6, 6.07) is 3.39. The van der Waals surface area contributed by atoms with Gasteiger partial charge in [-0.25, -0.2) is 4.98 Å². The molecule has 108 valence electrons. The molecule has 4 rings (SSSR count). The van der Waals surface area contributed by atoms with Gasteiger partial charge in [0, 0.05) is 17.1 Å². The number of aromatic nitrogens is 2. The first-order valence-electron chi connectivity index (χ1n) is 7.33. The molecule has 0 saturated carbocycles. The second kappa shape index (κ2) is 4.56. The molecule has 3 aromatic heterocycles. The quantitative estimate of drug-likeness (QED) is 0.724. The number of H-pyrrole nitrogens is 1. The minimum Gasteiger partial charge on any atom is -0.506 e. The van der Waals surface area contributed by atoms with Crippen LogP contribution >= 0.6 is 11.3 Å². The molecule has 21 heavy (non-hydrogen) atoms. The first kappa shape index (κ1) is 12.8. The summed E-state index contributed by atoms with van der Waals surface area (Å²) in [5.74, 6) is 0.773. The van der Waals surface area contributed by atoms with E-state index in [1.165, 1.54) is 41.5 Å². The summed E-state index contributed by atoms with van der Waals surface area (Å²) in [5, 5.41) is 10.9. The molecule has 1 aliphatic carbocycles. The molecule has 4 nitrogen and oxygen atoms in total. The summed E-state index contributed by atoms with van der Waals surface area (Å²) in [4.78, 5) is 20.1. The van der Waals surface area contributed by atoms with Crippen molar-refractivity contribution < 1.29 is 5.11 Å². The minimum atomic E-state index is -0.274. The highest BCUT2D eigenvalue weighted by Crippen LogP contribution is 2.38. The van der Waals surface area contributed by atoms with E-state index in [1.54, 1.807) is 0 Å². The Morgan fingerprint density at radius 2 is 2.33 bits per heavy atom. The van der Waals surface area contributed by atoms with Crippen LogP contribution in [0.2, 0.25) is 0 Å². The van der Waals surface area contributed by atoms with E-state index in [2.05, 4.69) is 18.0 Å². The highest BCUT2D eigenvalue weighted by atomic mass is 32.1. The van der Waals surface area contributed by atoms with Crippen LogP contribution in [0.15, 0.2) is 16.9 Å². The molecule has 0 fully saturated rings. The largest absolute Gasteiger partial charge is 0.506 e. The lowest BCUT2D eigenvalue weighted by Gasteiger charge is -2.22. The molecule has 1 aliphatic rings. The van der Waals surface area contributed by atoms with Crippen LogP contribution in [0.4, 0.5) is 0 Å². The topological polar surface area (TPSA) is 66.0 Å². The molecule has 0 radical (unpaired) electrons.